The van der Waals surface area contributed by atoms with Gasteiger partial charge < -0.3 is 14.1 Å². The molecule has 0 saturated carbocycles. The molecule has 3 aromatic rings. The van der Waals surface area contributed by atoms with Crippen LogP contribution in [0.25, 0.3) is 11.6 Å². The van der Waals surface area contributed by atoms with Crippen LogP contribution in [0.15, 0.2) is 72.3 Å². The van der Waals surface area contributed by atoms with E-state index >= 15 is 0 Å². The van der Waals surface area contributed by atoms with Crippen LogP contribution in [0.3, 0.4) is 0 Å². The van der Waals surface area contributed by atoms with Crippen molar-refractivity contribution in [3.05, 3.63) is 100 Å². The maximum Gasteiger partial charge on any atom is 0.189 e. The Labute approximate surface area is 195 Å². The summed E-state index contributed by atoms with van der Waals surface area (Å²) in [6, 6.07) is 19.7. The van der Waals surface area contributed by atoms with Crippen molar-refractivity contribution in [1.82, 2.24) is 4.57 Å². The zero-order valence-electron chi connectivity index (χ0n) is 19.4. The summed E-state index contributed by atoms with van der Waals surface area (Å²) in [6.45, 7) is 4.42. The minimum atomic E-state index is 0.0206. The Morgan fingerprint density at radius 1 is 1.03 bits per heavy atom. The van der Waals surface area contributed by atoms with Gasteiger partial charge in [-0.1, -0.05) is 36.4 Å². The maximum atomic E-state index is 13.4. The Kier molecular flexibility index (Phi) is 6.74. The van der Waals surface area contributed by atoms with E-state index in [1.165, 1.54) is 5.56 Å². The molecule has 0 spiro atoms. The van der Waals surface area contributed by atoms with Gasteiger partial charge in [0.1, 0.15) is 11.5 Å². The van der Waals surface area contributed by atoms with Crippen molar-refractivity contribution in [2.75, 3.05) is 7.11 Å². The number of rotatable bonds is 8. The molecule has 1 aromatic heterocycles. The number of hydrogen-bond acceptors (Lipinski definition) is 3. The molecule has 1 aliphatic carbocycles. The highest BCUT2D eigenvalue weighted by Gasteiger charge is 2.21. The number of aromatic nitrogens is 1. The number of Topliss-reactive ketones (excluding diaryl/α,β-unsaturated/α-hetero) is 2. The van der Waals surface area contributed by atoms with Gasteiger partial charge in [-0.05, 0) is 74.2 Å². The molecule has 0 aliphatic heterocycles. The van der Waals surface area contributed by atoms with Crippen molar-refractivity contribution >= 4 is 23.2 Å². The summed E-state index contributed by atoms with van der Waals surface area (Å²) in [6.07, 6.45) is 5.93. The standard InChI is InChI=1S/C29H29NO3/c1-20-9-11-24(29(32)23-12-15-26(33-3)16-13-23)17-28-27(20)18-25(14-10-21(2)31)30(28)19-22-7-5-4-6-8-22/h4-9,12-13,15-18H,10-11,14,19H2,1-3H3. The van der Waals surface area contributed by atoms with Crippen LogP contribution < -0.4 is 4.74 Å². The zero-order valence-corrected chi connectivity index (χ0v) is 19.4. The minimum Gasteiger partial charge on any atom is -0.497 e. The van der Waals surface area contributed by atoms with Gasteiger partial charge in [0.05, 0.1) is 7.11 Å². The largest absolute Gasteiger partial charge is 0.497 e. The molecule has 168 valence electrons. The lowest BCUT2D eigenvalue weighted by molar-refractivity contribution is -0.117. The molecule has 33 heavy (non-hydrogen) atoms. The molecule has 4 heteroatoms. The lowest BCUT2D eigenvalue weighted by atomic mass is 10.00. The van der Waals surface area contributed by atoms with Crippen LogP contribution in [0.5, 0.6) is 5.75 Å². The number of allylic oxidation sites excluding steroid dienone is 3. The van der Waals surface area contributed by atoms with Crippen molar-refractivity contribution in [3.8, 4) is 5.75 Å². The molecule has 1 heterocycles. The summed E-state index contributed by atoms with van der Waals surface area (Å²) in [7, 11) is 1.62. The van der Waals surface area contributed by atoms with Crippen LogP contribution in [0.1, 0.15) is 59.6 Å². The monoisotopic (exact) mass is 439 g/mol. The number of aryl methyl sites for hydroxylation is 1. The van der Waals surface area contributed by atoms with Gasteiger partial charge in [-0.25, -0.2) is 0 Å². The molecule has 0 saturated heterocycles. The normalized spacial score (nSPS) is 12.9. The summed E-state index contributed by atoms with van der Waals surface area (Å²) in [5.41, 5.74) is 7.00. The molecule has 2 aromatic carbocycles. The lowest BCUT2D eigenvalue weighted by Gasteiger charge is -2.13. The third-order valence-corrected chi connectivity index (χ3v) is 6.15. The molecule has 0 N–H and O–H groups in total. The second-order valence-electron chi connectivity index (χ2n) is 8.53. The lowest BCUT2D eigenvalue weighted by Crippen LogP contribution is -2.09. The fourth-order valence-corrected chi connectivity index (χ4v) is 4.24. The summed E-state index contributed by atoms with van der Waals surface area (Å²) in [5.74, 6) is 0.925. The van der Waals surface area contributed by atoms with Crippen molar-refractivity contribution in [2.45, 2.75) is 39.7 Å². The van der Waals surface area contributed by atoms with E-state index in [-0.39, 0.29) is 11.6 Å². The number of fused-ring (bicyclic) bond motifs is 1. The van der Waals surface area contributed by atoms with Gasteiger partial charge in [-0.2, -0.15) is 0 Å². The van der Waals surface area contributed by atoms with Crippen LogP contribution in [0.4, 0.5) is 0 Å². The summed E-state index contributed by atoms with van der Waals surface area (Å²) in [5, 5.41) is 0. The van der Waals surface area contributed by atoms with Crippen LogP contribution in [0.2, 0.25) is 0 Å². The highest BCUT2D eigenvalue weighted by molar-refractivity contribution is 6.12. The Morgan fingerprint density at radius 3 is 2.42 bits per heavy atom. The summed E-state index contributed by atoms with van der Waals surface area (Å²) < 4.78 is 7.49. The number of ketones is 2. The molecule has 4 rings (SSSR count). The van der Waals surface area contributed by atoms with Gasteiger partial charge in [0, 0.05) is 41.1 Å². The molecule has 0 bridgehead atoms. The fourth-order valence-electron chi connectivity index (χ4n) is 4.24. The van der Waals surface area contributed by atoms with Gasteiger partial charge >= 0.3 is 0 Å². The van der Waals surface area contributed by atoms with E-state index in [4.69, 9.17) is 4.74 Å². The first kappa shape index (κ1) is 22.5. The topological polar surface area (TPSA) is 48.3 Å². The van der Waals surface area contributed by atoms with E-state index in [1.54, 1.807) is 14.0 Å². The summed E-state index contributed by atoms with van der Waals surface area (Å²) >= 11 is 0. The number of methoxy groups -OCH3 is 1. The first-order chi connectivity index (χ1) is 16.0. The average molecular weight is 440 g/mol. The molecule has 1 aliphatic rings. The fraction of sp³-hybridized carbons (Fsp3) is 0.241. The highest BCUT2D eigenvalue weighted by Crippen LogP contribution is 2.32. The number of nitrogens with zero attached hydrogens (tertiary/aromatic N) is 1. The Balaban J connectivity index is 1.78. The molecule has 0 atom stereocenters. The van der Waals surface area contributed by atoms with E-state index in [0.717, 1.165) is 33.8 Å². The molecular weight excluding hydrogens is 410 g/mol. The van der Waals surface area contributed by atoms with Crippen molar-refractivity contribution in [3.63, 3.8) is 0 Å². The molecule has 0 fully saturated rings. The van der Waals surface area contributed by atoms with Gasteiger partial charge in [0.15, 0.2) is 5.78 Å². The van der Waals surface area contributed by atoms with Crippen molar-refractivity contribution in [1.29, 1.82) is 0 Å². The Bertz CT molecular complexity index is 1230. The van der Waals surface area contributed by atoms with Gasteiger partial charge in [-0.3, -0.25) is 4.79 Å². The number of hydrogen-bond donors (Lipinski definition) is 0. The molecule has 0 amide bonds. The van der Waals surface area contributed by atoms with Crippen LogP contribution in [-0.4, -0.2) is 23.2 Å². The van der Waals surface area contributed by atoms with E-state index < -0.39 is 0 Å². The first-order valence-corrected chi connectivity index (χ1v) is 11.3. The molecule has 0 radical (unpaired) electrons. The average Bonchev–Trinajstić information content (AvgIpc) is 3.08. The van der Waals surface area contributed by atoms with Crippen LogP contribution in [-0.2, 0) is 17.8 Å². The van der Waals surface area contributed by atoms with Crippen LogP contribution >= 0.6 is 0 Å². The van der Waals surface area contributed by atoms with E-state index in [9.17, 15) is 9.59 Å². The highest BCUT2D eigenvalue weighted by atomic mass is 16.5. The summed E-state index contributed by atoms with van der Waals surface area (Å²) in [4.78, 5) is 25.1. The van der Waals surface area contributed by atoms with E-state index in [1.807, 2.05) is 48.5 Å². The van der Waals surface area contributed by atoms with Crippen LogP contribution in [0, 0.1) is 0 Å². The van der Waals surface area contributed by atoms with Gasteiger partial charge in [0.25, 0.3) is 0 Å². The Hall–Kier alpha value is -3.66. The molecule has 0 unspecified atom stereocenters. The van der Waals surface area contributed by atoms with E-state index in [0.29, 0.717) is 31.4 Å². The van der Waals surface area contributed by atoms with Gasteiger partial charge in [-0.15, -0.1) is 0 Å². The minimum absolute atomic E-state index is 0.0206. The third-order valence-electron chi connectivity index (χ3n) is 6.15. The molecule has 4 nitrogen and oxygen atoms in total. The predicted molar refractivity (Wildman–Crippen MR) is 133 cm³/mol. The second kappa shape index (κ2) is 9.86. The van der Waals surface area contributed by atoms with Crippen molar-refractivity contribution < 1.29 is 14.3 Å². The number of ether oxygens (including phenoxy) is 1. The number of carbonyl (C=O) groups excluding carboxylic acids is 2. The third kappa shape index (κ3) is 5.06. The molecular formula is C29H29NO3. The SMILES string of the molecule is COc1ccc(C(=O)C2=Cc3c(cc(CCC(C)=O)n3Cc3ccccc3)C(C)=CC2)cc1. The first-order valence-electron chi connectivity index (χ1n) is 11.3. The number of benzene rings is 2. The zero-order chi connectivity index (χ0) is 23.4. The Morgan fingerprint density at radius 2 is 1.76 bits per heavy atom. The number of carbonyl (C=O) groups is 2. The predicted octanol–water partition coefficient (Wildman–Crippen LogP) is 6.14. The van der Waals surface area contributed by atoms with Crippen molar-refractivity contribution in [2.24, 2.45) is 0 Å². The van der Waals surface area contributed by atoms with E-state index in [2.05, 4.69) is 35.8 Å². The smallest absolute Gasteiger partial charge is 0.189 e. The van der Waals surface area contributed by atoms with Gasteiger partial charge in [0.2, 0.25) is 0 Å². The quantitative estimate of drug-likeness (QED) is 0.396. The second-order valence-corrected chi connectivity index (χ2v) is 8.53. The maximum absolute atomic E-state index is 13.4.